The molecule has 0 aromatic carbocycles. The highest BCUT2D eigenvalue weighted by Gasteiger charge is 1.79. The van der Waals surface area contributed by atoms with Crippen molar-refractivity contribution in [1.82, 2.24) is 0 Å². The average molecular weight is 109 g/mol. The van der Waals surface area contributed by atoms with Gasteiger partial charge < -0.3 is 0 Å². The highest BCUT2D eigenvalue weighted by atomic mass is 13.8. The number of rotatable bonds is 4. The molecule has 0 spiro atoms. The van der Waals surface area contributed by atoms with Gasteiger partial charge in [0.15, 0.2) is 0 Å². The van der Waals surface area contributed by atoms with Crippen LogP contribution in [0, 0.1) is 12.3 Å². The van der Waals surface area contributed by atoms with Crippen LogP contribution in [0.1, 0.15) is 27.1 Å². The standard InChI is InChI=1S/C8H12/c1-3-5-7-8-6-4-2/h1,4H,2,5-8H2/i1D. The minimum absolute atomic E-state index is 0.858. The van der Waals surface area contributed by atoms with Gasteiger partial charge in [0.1, 0.15) is 1.37 Å². The summed E-state index contributed by atoms with van der Waals surface area (Å²) in [5.74, 6) is 2.69. The molecule has 0 aliphatic rings. The second kappa shape index (κ2) is 6.30. The predicted octanol–water partition coefficient (Wildman–Crippen LogP) is 2.37. The van der Waals surface area contributed by atoms with Gasteiger partial charge in [-0.05, 0) is 19.3 Å². The topological polar surface area (TPSA) is 0 Å². The van der Waals surface area contributed by atoms with Gasteiger partial charge in [0.05, 0.1) is 0 Å². The maximum Gasteiger partial charge on any atom is 0.124 e. The number of unbranched alkanes of at least 4 members (excludes halogenated alkanes) is 3. The summed E-state index contributed by atoms with van der Waals surface area (Å²) in [6.07, 6.45) is 8.20. The van der Waals surface area contributed by atoms with Crippen LogP contribution in [-0.2, 0) is 0 Å². The SMILES string of the molecule is [2H]C#CCCCCC=C. The van der Waals surface area contributed by atoms with Crippen LogP contribution >= 0.6 is 0 Å². The van der Waals surface area contributed by atoms with Gasteiger partial charge >= 0.3 is 0 Å². The first-order valence-corrected chi connectivity index (χ1v) is 2.92. The van der Waals surface area contributed by atoms with Crippen molar-refractivity contribution in [3.05, 3.63) is 12.7 Å². The molecule has 0 aromatic rings. The molecular formula is C8H12. The summed E-state index contributed by atoms with van der Waals surface area (Å²) in [4.78, 5) is 0. The Labute approximate surface area is 53.0 Å². The van der Waals surface area contributed by atoms with Crippen LogP contribution in [0.3, 0.4) is 0 Å². The first kappa shape index (κ1) is 5.44. The summed E-state index contributed by atoms with van der Waals surface area (Å²) in [6, 6.07) is 0. The van der Waals surface area contributed by atoms with E-state index in [4.69, 9.17) is 1.37 Å². The van der Waals surface area contributed by atoms with Gasteiger partial charge in [-0.3, -0.25) is 0 Å². The summed E-state index contributed by atoms with van der Waals surface area (Å²) in [7, 11) is 0. The molecule has 0 atom stereocenters. The van der Waals surface area contributed by atoms with E-state index >= 15 is 0 Å². The Morgan fingerprint density at radius 1 is 1.75 bits per heavy atom. The molecule has 0 saturated carbocycles. The van der Waals surface area contributed by atoms with E-state index in [9.17, 15) is 0 Å². The van der Waals surface area contributed by atoms with Gasteiger partial charge in [-0.1, -0.05) is 6.08 Å². The summed E-state index contributed by atoms with van der Waals surface area (Å²) < 4.78 is 6.50. The third-order valence-corrected chi connectivity index (χ3v) is 0.960. The van der Waals surface area contributed by atoms with Crippen LogP contribution in [0.4, 0.5) is 0 Å². The molecule has 8 heavy (non-hydrogen) atoms. The Hall–Kier alpha value is -0.700. The van der Waals surface area contributed by atoms with E-state index in [2.05, 4.69) is 18.9 Å². The van der Waals surface area contributed by atoms with Crippen LogP contribution in [0.25, 0.3) is 0 Å². The molecule has 0 fully saturated rings. The first-order chi connectivity index (χ1) is 4.41. The molecule has 44 valence electrons. The van der Waals surface area contributed by atoms with Crippen molar-refractivity contribution in [2.75, 3.05) is 0 Å². The fourth-order valence-corrected chi connectivity index (χ4v) is 0.502. The normalized spacial score (nSPS) is 8.75. The second-order valence-corrected chi connectivity index (χ2v) is 1.71. The van der Waals surface area contributed by atoms with E-state index in [0.717, 1.165) is 25.7 Å². The summed E-state index contributed by atoms with van der Waals surface area (Å²) in [6.45, 7) is 3.61. The number of hydrogen-bond donors (Lipinski definition) is 0. The maximum atomic E-state index is 6.50. The van der Waals surface area contributed by atoms with E-state index in [1.807, 2.05) is 6.08 Å². The average Bonchev–Trinajstić information content (AvgIpc) is 1.89. The van der Waals surface area contributed by atoms with Crippen molar-refractivity contribution in [2.45, 2.75) is 25.7 Å². The van der Waals surface area contributed by atoms with E-state index in [0.29, 0.717) is 0 Å². The smallest absolute Gasteiger partial charge is 0.120 e. The highest BCUT2D eigenvalue weighted by Crippen LogP contribution is 1.97. The van der Waals surface area contributed by atoms with Gasteiger partial charge in [0.2, 0.25) is 0 Å². The fourth-order valence-electron chi connectivity index (χ4n) is 0.502. The van der Waals surface area contributed by atoms with Crippen molar-refractivity contribution < 1.29 is 1.37 Å². The lowest BCUT2D eigenvalue weighted by Crippen LogP contribution is -1.70. The quantitative estimate of drug-likeness (QED) is 0.295. The molecule has 0 radical (unpaired) electrons. The molecule has 0 unspecified atom stereocenters. The number of allylic oxidation sites excluding steroid dienone is 1. The Bertz CT molecular complexity index is 116. The third kappa shape index (κ3) is 5.30. The molecule has 0 N–H and O–H groups in total. The second-order valence-electron chi connectivity index (χ2n) is 1.71. The number of hydrogen-bond acceptors (Lipinski definition) is 0. The lowest BCUT2D eigenvalue weighted by molar-refractivity contribution is 0.773. The van der Waals surface area contributed by atoms with Gasteiger partial charge in [-0.15, -0.1) is 18.9 Å². The predicted molar refractivity (Wildman–Crippen MR) is 37.5 cm³/mol. The summed E-state index contributed by atoms with van der Waals surface area (Å²) in [5, 5.41) is 0. The molecule has 0 bridgehead atoms. The van der Waals surface area contributed by atoms with Crippen molar-refractivity contribution in [2.24, 2.45) is 0 Å². The van der Waals surface area contributed by atoms with Crippen LogP contribution < -0.4 is 0 Å². The molecule has 0 aliphatic heterocycles. The zero-order chi connectivity index (χ0) is 6.95. The molecule has 0 saturated heterocycles. The Balaban J connectivity index is 2.88. The van der Waals surface area contributed by atoms with Gasteiger partial charge in [0, 0.05) is 6.42 Å². The highest BCUT2D eigenvalue weighted by molar-refractivity contribution is 4.83. The lowest BCUT2D eigenvalue weighted by Gasteiger charge is -1.87. The number of terminal acetylenes is 1. The van der Waals surface area contributed by atoms with E-state index in [-0.39, 0.29) is 0 Å². The van der Waals surface area contributed by atoms with Crippen molar-refractivity contribution >= 4 is 0 Å². The minimum Gasteiger partial charge on any atom is -0.120 e. The van der Waals surface area contributed by atoms with Crippen LogP contribution in [0.15, 0.2) is 12.7 Å². The Kier molecular flexibility index (Phi) is 4.28. The molecule has 0 aliphatic carbocycles. The molecule has 0 rings (SSSR count). The lowest BCUT2D eigenvalue weighted by atomic mass is 10.2. The zero-order valence-corrected chi connectivity index (χ0v) is 5.11. The molecule has 0 aromatic heterocycles. The minimum atomic E-state index is 0.858. The van der Waals surface area contributed by atoms with Gasteiger partial charge in [-0.25, -0.2) is 0 Å². The zero-order valence-electron chi connectivity index (χ0n) is 6.11. The van der Waals surface area contributed by atoms with Gasteiger partial charge in [0.25, 0.3) is 0 Å². The Morgan fingerprint density at radius 3 is 3.25 bits per heavy atom. The van der Waals surface area contributed by atoms with E-state index < -0.39 is 0 Å². The largest absolute Gasteiger partial charge is 0.124 e. The van der Waals surface area contributed by atoms with E-state index in [1.165, 1.54) is 0 Å². The van der Waals surface area contributed by atoms with Crippen molar-refractivity contribution in [3.8, 4) is 12.3 Å². The van der Waals surface area contributed by atoms with Gasteiger partial charge in [-0.2, -0.15) is 0 Å². The summed E-state index contributed by atoms with van der Waals surface area (Å²) >= 11 is 0. The molecule has 0 amide bonds. The molecule has 0 heteroatoms. The molecule has 0 nitrogen and oxygen atoms in total. The Morgan fingerprint density at radius 2 is 2.62 bits per heavy atom. The first-order valence-electron chi connectivity index (χ1n) is 3.42. The van der Waals surface area contributed by atoms with Crippen molar-refractivity contribution in [3.63, 3.8) is 0 Å². The maximum absolute atomic E-state index is 6.50. The van der Waals surface area contributed by atoms with Crippen LogP contribution in [-0.4, -0.2) is 0 Å². The van der Waals surface area contributed by atoms with E-state index in [1.54, 1.807) is 0 Å². The molecular weight excluding hydrogens is 96.1 g/mol. The fraction of sp³-hybridized carbons (Fsp3) is 0.500. The van der Waals surface area contributed by atoms with Crippen LogP contribution in [0.2, 0.25) is 0 Å². The summed E-state index contributed by atoms with van der Waals surface area (Å²) in [5.41, 5.74) is 0. The third-order valence-electron chi connectivity index (χ3n) is 0.960. The monoisotopic (exact) mass is 109 g/mol. The van der Waals surface area contributed by atoms with Crippen molar-refractivity contribution in [1.29, 1.82) is 0 Å². The van der Waals surface area contributed by atoms with Crippen LogP contribution in [0.5, 0.6) is 0 Å². The molecule has 0 heterocycles.